The number of aryl methyl sites for hydroxylation is 3. The highest BCUT2D eigenvalue weighted by atomic mass is 16.5. The molecule has 174 valence electrons. The summed E-state index contributed by atoms with van der Waals surface area (Å²) in [6, 6.07) is 13.2. The normalized spacial score (nSPS) is 14.8. The Morgan fingerprint density at radius 3 is 2.42 bits per heavy atom. The molecule has 0 spiro atoms. The molecule has 1 saturated heterocycles. The van der Waals surface area contributed by atoms with Crippen molar-refractivity contribution < 1.29 is 9.32 Å². The number of hydrogen-bond acceptors (Lipinski definition) is 5. The average Bonchev–Trinajstić information content (AvgIpc) is 3.14. The second-order valence-electron chi connectivity index (χ2n) is 9.57. The molecule has 0 aliphatic carbocycles. The van der Waals surface area contributed by atoms with E-state index in [4.69, 9.17) is 9.51 Å². The number of rotatable bonds is 6. The van der Waals surface area contributed by atoms with E-state index in [1.54, 1.807) is 0 Å². The quantitative estimate of drug-likeness (QED) is 0.551. The van der Waals surface area contributed by atoms with Crippen LogP contribution in [-0.4, -0.2) is 53.0 Å². The SMILES string of the molecule is Cc1ccc(Cc2cc(C)nc(C3CCN(C(=O)c4noc(C)c4CN(C)C)CC3)c2)cc1. The molecule has 0 atom stereocenters. The Kier molecular flexibility index (Phi) is 6.94. The minimum absolute atomic E-state index is 0.0283. The minimum atomic E-state index is -0.0283. The predicted octanol–water partition coefficient (Wildman–Crippen LogP) is 4.67. The van der Waals surface area contributed by atoms with Gasteiger partial charge in [0.2, 0.25) is 0 Å². The van der Waals surface area contributed by atoms with E-state index in [2.05, 4.69) is 55.4 Å². The standard InChI is InChI=1S/C27H34N4O2/c1-18-6-8-21(9-7-18)15-22-14-19(2)28-25(16-22)23-10-12-31(13-11-23)27(32)26-24(17-30(4)5)20(3)33-29-26/h6-9,14,16,23H,10-13,15,17H2,1-5H3. The highest BCUT2D eigenvalue weighted by molar-refractivity contribution is 5.93. The third kappa shape index (κ3) is 5.50. The predicted molar refractivity (Wildman–Crippen MR) is 129 cm³/mol. The molecule has 6 heteroatoms. The number of pyridine rings is 1. The summed E-state index contributed by atoms with van der Waals surface area (Å²) in [6.07, 6.45) is 2.73. The lowest BCUT2D eigenvalue weighted by molar-refractivity contribution is 0.0700. The largest absolute Gasteiger partial charge is 0.361 e. The van der Waals surface area contributed by atoms with Crippen molar-refractivity contribution in [2.75, 3.05) is 27.2 Å². The Morgan fingerprint density at radius 2 is 1.76 bits per heavy atom. The number of piperidine rings is 1. The van der Waals surface area contributed by atoms with E-state index < -0.39 is 0 Å². The summed E-state index contributed by atoms with van der Waals surface area (Å²) in [5.74, 6) is 1.05. The molecule has 3 aromatic rings. The highest BCUT2D eigenvalue weighted by Gasteiger charge is 2.29. The van der Waals surface area contributed by atoms with Crippen LogP contribution in [0.2, 0.25) is 0 Å². The van der Waals surface area contributed by atoms with Gasteiger partial charge in [0.15, 0.2) is 5.69 Å². The molecule has 1 fully saturated rings. The van der Waals surface area contributed by atoms with Crippen LogP contribution in [0.1, 0.15) is 68.6 Å². The lowest BCUT2D eigenvalue weighted by Crippen LogP contribution is -2.38. The van der Waals surface area contributed by atoms with Crippen LogP contribution in [0.3, 0.4) is 0 Å². The van der Waals surface area contributed by atoms with Crippen molar-refractivity contribution >= 4 is 5.91 Å². The topological polar surface area (TPSA) is 62.5 Å². The van der Waals surface area contributed by atoms with Crippen LogP contribution >= 0.6 is 0 Å². The lowest BCUT2D eigenvalue weighted by atomic mass is 9.91. The van der Waals surface area contributed by atoms with Crippen molar-refractivity contribution in [3.8, 4) is 0 Å². The minimum Gasteiger partial charge on any atom is -0.361 e. The van der Waals surface area contributed by atoms with Gasteiger partial charge in [0.05, 0.1) is 0 Å². The van der Waals surface area contributed by atoms with Crippen LogP contribution in [0.4, 0.5) is 0 Å². The number of nitrogens with zero attached hydrogens (tertiary/aromatic N) is 4. The first-order chi connectivity index (χ1) is 15.8. The zero-order chi connectivity index (χ0) is 23.5. The fourth-order valence-corrected chi connectivity index (χ4v) is 4.61. The summed E-state index contributed by atoms with van der Waals surface area (Å²) in [6.45, 7) is 8.11. The number of likely N-dealkylation sites (tertiary alicyclic amines) is 1. The van der Waals surface area contributed by atoms with E-state index >= 15 is 0 Å². The first-order valence-electron chi connectivity index (χ1n) is 11.7. The van der Waals surface area contributed by atoms with Crippen molar-refractivity contribution in [2.24, 2.45) is 0 Å². The molecule has 4 rings (SSSR count). The molecule has 3 heterocycles. The van der Waals surface area contributed by atoms with Gasteiger partial charge < -0.3 is 14.3 Å². The van der Waals surface area contributed by atoms with Crippen LogP contribution in [0.5, 0.6) is 0 Å². The molecule has 1 aliphatic rings. The lowest BCUT2D eigenvalue weighted by Gasteiger charge is -2.31. The third-order valence-electron chi connectivity index (χ3n) is 6.42. The van der Waals surface area contributed by atoms with Crippen LogP contribution in [-0.2, 0) is 13.0 Å². The summed E-state index contributed by atoms with van der Waals surface area (Å²) < 4.78 is 5.35. The number of aromatic nitrogens is 2. The zero-order valence-electron chi connectivity index (χ0n) is 20.4. The molecule has 1 amide bonds. The second-order valence-corrected chi connectivity index (χ2v) is 9.57. The maximum atomic E-state index is 13.2. The van der Waals surface area contributed by atoms with Gasteiger partial charge in [-0.3, -0.25) is 9.78 Å². The summed E-state index contributed by atoms with van der Waals surface area (Å²) in [7, 11) is 3.96. The van der Waals surface area contributed by atoms with Gasteiger partial charge in [-0.25, -0.2) is 0 Å². The van der Waals surface area contributed by atoms with Gasteiger partial charge in [0.1, 0.15) is 5.76 Å². The van der Waals surface area contributed by atoms with Gasteiger partial charge in [-0.05, 0) is 77.4 Å². The fraction of sp³-hybridized carbons (Fsp3) is 0.444. The Balaban J connectivity index is 1.43. The van der Waals surface area contributed by atoms with Gasteiger partial charge in [-0.1, -0.05) is 35.0 Å². The third-order valence-corrected chi connectivity index (χ3v) is 6.42. The monoisotopic (exact) mass is 446 g/mol. The van der Waals surface area contributed by atoms with E-state index in [9.17, 15) is 4.79 Å². The molecule has 0 saturated carbocycles. The van der Waals surface area contributed by atoms with E-state index in [1.807, 2.05) is 30.8 Å². The zero-order valence-corrected chi connectivity index (χ0v) is 20.4. The summed E-state index contributed by atoms with van der Waals surface area (Å²) >= 11 is 0. The summed E-state index contributed by atoms with van der Waals surface area (Å²) in [4.78, 5) is 22.0. The molecular formula is C27H34N4O2. The Morgan fingerprint density at radius 1 is 1.06 bits per heavy atom. The average molecular weight is 447 g/mol. The van der Waals surface area contributed by atoms with Gasteiger partial charge >= 0.3 is 0 Å². The molecule has 1 aliphatic heterocycles. The van der Waals surface area contributed by atoms with Crippen LogP contribution in [0.15, 0.2) is 40.9 Å². The van der Waals surface area contributed by atoms with Crippen molar-refractivity contribution in [3.05, 3.63) is 81.5 Å². The summed E-state index contributed by atoms with van der Waals surface area (Å²) in [5.41, 5.74) is 7.43. The van der Waals surface area contributed by atoms with Crippen molar-refractivity contribution in [1.29, 1.82) is 0 Å². The molecule has 0 bridgehead atoms. The van der Waals surface area contributed by atoms with E-state index in [1.165, 1.54) is 16.7 Å². The van der Waals surface area contributed by atoms with E-state index in [0.717, 1.165) is 36.2 Å². The molecule has 1 aromatic carbocycles. The molecule has 0 unspecified atom stereocenters. The van der Waals surface area contributed by atoms with Gasteiger partial charge in [0.25, 0.3) is 5.91 Å². The first-order valence-corrected chi connectivity index (χ1v) is 11.7. The highest BCUT2D eigenvalue weighted by Crippen LogP contribution is 2.29. The van der Waals surface area contributed by atoms with Crippen LogP contribution < -0.4 is 0 Å². The van der Waals surface area contributed by atoms with Gasteiger partial charge in [-0.15, -0.1) is 0 Å². The molecular weight excluding hydrogens is 412 g/mol. The maximum Gasteiger partial charge on any atom is 0.276 e. The molecule has 0 N–H and O–H groups in total. The van der Waals surface area contributed by atoms with Crippen LogP contribution in [0, 0.1) is 20.8 Å². The van der Waals surface area contributed by atoms with Crippen molar-refractivity contribution in [2.45, 2.75) is 52.5 Å². The molecule has 6 nitrogen and oxygen atoms in total. The molecule has 2 aromatic heterocycles. The number of carbonyl (C=O) groups excluding carboxylic acids is 1. The Labute approximate surface area is 196 Å². The number of amides is 1. The van der Waals surface area contributed by atoms with Crippen molar-refractivity contribution in [1.82, 2.24) is 19.9 Å². The number of carbonyl (C=O) groups is 1. The Hall–Kier alpha value is -2.99. The van der Waals surface area contributed by atoms with Gasteiger partial charge in [-0.2, -0.15) is 0 Å². The number of benzene rings is 1. The Bertz CT molecular complexity index is 1110. The number of hydrogen-bond donors (Lipinski definition) is 0. The molecule has 0 radical (unpaired) electrons. The summed E-state index contributed by atoms with van der Waals surface area (Å²) in [5, 5.41) is 4.08. The fourth-order valence-electron chi connectivity index (χ4n) is 4.61. The second kappa shape index (κ2) is 9.87. The first kappa shape index (κ1) is 23.2. The van der Waals surface area contributed by atoms with E-state index in [-0.39, 0.29) is 5.91 Å². The van der Waals surface area contributed by atoms with Gasteiger partial charge in [0, 0.05) is 42.5 Å². The van der Waals surface area contributed by atoms with Crippen LogP contribution in [0.25, 0.3) is 0 Å². The van der Waals surface area contributed by atoms with E-state index in [0.29, 0.717) is 37.0 Å². The van der Waals surface area contributed by atoms with Crippen molar-refractivity contribution in [3.63, 3.8) is 0 Å². The maximum absolute atomic E-state index is 13.2. The smallest absolute Gasteiger partial charge is 0.276 e. The molecule has 33 heavy (non-hydrogen) atoms.